The number of phenolic OH excluding ortho intramolecular Hbond substituents is 1. The van der Waals surface area contributed by atoms with E-state index in [1.807, 2.05) is 22.6 Å². The van der Waals surface area contributed by atoms with Crippen LogP contribution in [0.15, 0.2) is 43.0 Å². The van der Waals surface area contributed by atoms with Crippen LogP contribution < -0.4 is 9.84 Å². The van der Waals surface area contributed by atoms with E-state index < -0.39 is 11.9 Å². The maximum Gasteiger partial charge on any atom is 0.342 e. The van der Waals surface area contributed by atoms with Gasteiger partial charge in [-0.2, -0.15) is 0 Å². The standard InChI is InChI=1S/C18H15IO6/c1-2-11-3-5-15(20)13(9-11)18(23)25-8-7-24-16-6-4-12(17(21)22)10-14(16)19/h2-6,9-10,20H,1,7-8H2,(H,21,22)/p-1. The van der Waals surface area contributed by atoms with Gasteiger partial charge in [-0.1, -0.05) is 18.7 Å². The quantitative estimate of drug-likeness (QED) is 0.393. The molecule has 0 radical (unpaired) electrons. The average molecular weight is 453 g/mol. The van der Waals surface area contributed by atoms with Crippen LogP contribution in [0.5, 0.6) is 11.5 Å². The molecular weight excluding hydrogens is 439 g/mol. The Morgan fingerprint density at radius 1 is 1.20 bits per heavy atom. The topological polar surface area (TPSA) is 95.9 Å². The Morgan fingerprint density at radius 3 is 2.60 bits per heavy atom. The van der Waals surface area contributed by atoms with Crippen LogP contribution in [0.2, 0.25) is 0 Å². The van der Waals surface area contributed by atoms with E-state index in [0.29, 0.717) is 14.9 Å². The molecule has 2 rings (SSSR count). The number of hydrogen-bond acceptors (Lipinski definition) is 6. The second-order valence-corrected chi connectivity index (χ2v) is 6.06. The van der Waals surface area contributed by atoms with Crippen LogP contribution in [0.3, 0.4) is 0 Å². The number of aromatic carboxylic acids is 1. The lowest BCUT2D eigenvalue weighted by atomic mass is 10.1. The van der Waals surface area contributed by atoms with Gasteiger partial charge in [0.15, 0.2) is 0 Å². The number of carboxylic acid groups (broad SMARTS) is 1. The maximum absolute atomic E-state index is 12.0. The van der Waals surface area contributed by atoms with Crippen LogP contribution in [0, 0.1) is 3.57 Å². The predicted molar refractivity (Wildman–Crippen MR) is 97.5 cm³/mol. The van der Waals surface area contributed by atoms with Crippen molar-refractivity contribution in [1.82, 2.24) is 0 Å². The fourth-order valence-corrected chi connectivity index (χ4v) is 2.62. The first-order valence-electron chi connectivity index (χ1n) is 7.18. The molecular formula is C18H14IO6-. The molecule has 0 bridgehead atoms. The Kier molecular flexibility index (Phi) is 6.40. The van der Waals surface area contributed by atoms with E-state index >= 15 is 0 Å². The van der Waals surface area contributed by atoms with Crippen molar-refractivity contribution in [2.24, 2.45) is 0 Å². The second kappa shape index (κ2) is 8.52. The summed E-state index contributed by atoms with van der Waals surface area (Å²) in [4.78, 5) is 22.8. The predicted octanol–water partition coefficient (Wildman–Crippen LogP) is 2.24. The molecule has 0 amide bonds. The van der Waals surface area contributed by atoms with Gasteiger partial charge in [-0.3, -0.25) is 0 Å². The van der Waals surface area contributed by atoms with Crippen LogP contribution in [0.1, 0.15) is 26.3 Å². The van der Waals surface area contributed by atoms with Gasteiger partial charge in [0.1, 0.15) is 30.3 Å². The minimum atomic E-state index is -1.26. The lowest BCUT2D eigenvalue weighted by Crippen LogP contribution is -2.22. The van der Waals surface area contributed by atoms with Crippen LogP contribution in [-0.4, -0.2) is 30.3 Å². The lowest BCUT2D eigenvalue weighted by molar-refractivity contribution is -0.255. The van der Waals surface area contributed by atoms with Crippen molar-refractivity contribution in [2.45, 2.75) is 0 Å². The van der Waals surface area contributed by atoms with Gasteiger partial charge in [-0.15, -0.1) is 0 Å². The minimum Gasteiger partial charge on any atom is -0.545 e. The fraction of sp³-hybridized carbons (Fsp3) is 0.111. The van der Waals surface area contributed by atoms with Crippen molar-refractivity contribution in [1.29, 1.82) is 0 Å². The molecule has 7 heteroatoms. The first-order valence-corrected chi connectivity index (χ1v) is 8.26. The Hall–Kier alpha value is -2.55. The highest BCUT2D eigenvalue weighted by atomic mass is 127. The molecule has 0 aliphatic carbocycles. The Morgan fingerprint density at radius 2 is 1.96 bits per heavy atom. The highest BCUT2D eigenvalue weighted by molar-refractivity contribution is 14.1. The summed E-state index contributed by atoms with van der Waals surface area (Å²) in [6, 6.07) is 8.81. The highest BCUT2D eigenvalue weighted by Gasteiger charge is 2.13. The summed E-state index contributed by atoms with van der Waals surface area (Å²) in [6.07, 6.45) is 1.55. The number of phenols is 1. The zero-order valence-electron chi connectivity index (χ0n) is 13.0. The molecule has 0 atom stereocenters. The number of carboxylic acids is 1. The summed E-state index contributed by atoms with van der Waals surface area (Å²) in [5, 5.41) is 20.5. The molecule has 0 saturated carbocycles. The van der Waals surface area contributed by atoms with Gasteiger partial charge in [0.05, 0.1) is 9.54 Å². The van der Waals surface area contributed by atoms with Gasteiger partial charge in [-0.05, 0) is 64.0 Å². The summed E-state index contributed by atoms with van der Waals surface area (Å²) >= 11 is 1.94. The molecule has 6 nitrogen and oxygen atoms in total. The van der Waals surface area contributed by atoms with Crippen LogP contribution in [-0.2, 0) is 4.74 Å². The molecule has 0 fully saturated rings. The zero-order chi connectivity index (χ0) is 18.4. The van der Waals surface area contributed by atoms with E-state index in [2.05, 4.69) is 6.58 Å². The monoisotopic (exact) mass is 453 g/mol. The van der Waals surface area contributed by atoms with Gasteiger partial charge in [0.25, 0.3) is 0 Å². The third kappa shape index (κ3) is 4.96. The fourth-order valence-electron chi connectivity index (χ4n) is 1.95. The molecule has 0 unspecified atom stereocenters. The van der Waals surface area contributed by atoms with Gasteiger partial charge in [0.2, 0.25) is 0 Å². The molecule has 1 N–H and O–H groups in total. The number of ether oxygens (including phenoxy) is 2. The molecule has 2 aromatic rings. The Balaban J connectivity index is 1.90. The van der Waals surface area contributed by atoms with E-state index in [1.54, 1.807) is 12.1 Å². The van der Waals surface area contributed by atoms with Crippen molar-refractivity contribution < 1.29 is 29.3 Å². The van der Waals surface area contributed by atoms with E-state index in [4.69, 9.17) is 9.47 Å². The van der Waals surface area contributed by atoms with E-state index in [9.17, 15) is 19.8 Å². The molecule has 0 saturated heterocycles. The van der Waals surface area contributed by atoms with E-state index in [0.717, 1.165) is 0 Å². The average Bonchev–Trinajstić information content (AvgIpc) is 2.59. The summed E-state index contributed by atoms with van der Waals surface area (Å²) in [7, 11) is 0. The van der Waals surface area contributed by atoms with Crippen LogP contribution >= 0.6 is 22.6 Å². The van der Waals surface area contributed by atoms with Crippen molar-refractivity contribution in [3.05, 3.63) is 63.2 Å². The molecule has 0 aliphatic heterocycles. The molecule has 2 aromatic carbocycles. The number of esters is 1. The largest absolute Gasteiger partial charge is 0.545 e. The molecule has 0 heterocycles. The first kappa shape index (κ1) is 18.8. The number of halogens is 1. The van der Waals surface area contributed by atoms with E-state index in [-0.39, 0.29) is 30.1 Å². The molecule has 0 aromatic heterocycles. The number of carbonyl (C=O) groups excluding carboxylic acids is 2. The maximum atomic E-state index is 12.0. The number of aromatic hydroxyl groups is 1. The molecule has 25 heavy (non-hydrogen) atoms. The number of rotatable bonds is 7. The lowest BCUT2D eigenvalue weighted by Gasteiger charge is -2.11. The van der Waals surface area contributed by atoms with E-state index in [1.165, 1.54) is 30.3 Å². The minimum absolute atomic E-state index is 0.0328. The Labute approximate surface area is 157 Å². The van der Waals surface area contributed by atoms with Gasteiger partial charge in [-0.25, -0.2) is 4.79 Å². The second-order valence-electron chi connectivity index (χ2n) is 4.90. The van der Waals surface area contributed by atoms with Crippen molar-refractivity contribution in [3.63, 3.8) is 0 Å². The van der Waals surface area contributed by atoms with Gasteiger partial charge in [0, 0.05) is 0 Å². The SMILES string of the molecule is C=Cc1ccc(O)c(C(=O)OCCOc2ccc(C(=O)[O-])cc2I)c1. The third-order valence-electron chi connectivity index (χ3n) is 3.22. The number of benzene rings is 2. The summed E-state index contributed by atoms with van der Waals surface area (Å²) in [5.74, 6) is -1.64. The summed E-state index contributed by atoms with van der Waals surface area (Å²) < 4.78 is 11.1. The zero-order valence-corrected chi connectivity index (χ0v) is 15.2. The summed E-state index contributed by atoms with van der Waals surface area (Å²) in [5.41, 5.74) is 0.787. The summed E-state index contributed by atoms with van der Waals surface area (Å²) in [6.45, 7) is 3.65. The Bertz CT molecular complexity index is 815. The normalized spacial score (nSPS) is 10.1. The highest BCUT2D eigenvalue weighted by Crippen LogP contribution is 2.22. The number of hydrogen-bond donors (Lipinski definition) is 1. The van der Waals surface area contributed by atoms with Crippen molar-refractivity contribution in [3.8, 4) is 11.5 Å². The number of carbonyl (C=O) groups is 2. The van der Waals surface area contributed by atoms with Gasteiger partial charge < -0.3 is 24.5 Å². The van der Waals surface area contributed by atoms with Crippen LogP contribution in [0.25, 0.3) is 6.08 Å². The van der Waals surface area contributed by atoms with Crippen molar-refractivity contribution >= 4 is 40.6 Å². The molecule has 0 aliphatic rings. The smallest absolute Gasteiger partial charge is 0.342 e. The van der Waals surface area contributed by atoms with Gasteiger partial charge >= 0.3 is 5.97 Å². The molecule has 0 spiro atoms. The van der Waals surface area contributed by atoms with Crippen LogP contribution in [0.4, 0.5) is 0 Å². The first-order chi connectivity index (χ1) is 11.9. The molecule has 130 valence electrons. The third-order valence-corrected chi connectivity index (χ3v) is 4.06. The van der Waals surface area contributed by atoms with Crippen molar-refractivity contribution in [2.75, 3.05) is 13.2 Å².